The molecule has 0 aliphatic carbocycles. The minimum atomic E-state index is -1.02. The van der Waals surface area contributed by atoms with Crippen LogP contribution in [0.3, 0.4) is 0 Å². The van der Waals surface area contributed by atoms with Gasteiger partial charge in [-0.2, -0.15) is 0 Å². The van der Waals surface area contributed by atoms with Gasteiger partial charge in [0.25, 0.3) is 5.56 Å². The lowest BCUT2D eigenvalue weighted by molar-refractivity contribution is -0.380. The van der Waals surface area contributed by atoms with Crippen LogP contribution in [0.25, 0.3) is 0 Å². The molecule has 8 heteroatoms. The number of thiophene rings is 1. The summed E-state index contributed by atoms with van der Waals surface area (Å²) in [6.45, 7) is 3.37. The Morgan fingerprint density at radius 3 is 2.82 bits per heavy atom. The molecule has 0 bridgehead atoms. The van der Waals surface area contributed by atoms with Gasteiger partial charge >= 0.3 is 5.00 Å². The zero-order valence-electron chi connectivity index (χ0n) is 11.9. The van der Waals surface area contributed by atoms with E-state index in [9.17, 15) is 20.0 Å². The molecule has 0 radical (unpaired) electrons. The van der Waals surface area contributed by atoms with E-state index in [0.29, 0.717) is 10.6 Å². The fraction of sp³-hybridized carbons (Fsp3) is 0.357. The Kier molecular flexibility index (Phi) is 3.30. The van der Waals surface area contributed by atoms with Crippen LogP contribution in [0, 0.1) is 10.1 Å². The number of aliphatic hydroxyl groups is 1. The minimum absolute atomic E-state index is 0.0797. The molecule has 116 valence electrons. The van der Waals surface area contributed by atoms with Crippen LogP contribution in [0.4, 0.5) is 5.00 Å². The fourth-order valence-electron chi connectivity index (χ4n) is 2.57. The zero-order chi connectivity index (χ0) is 16.1. The molecule has 0 fully saturated rings. The first-order valence-corrected chi connectivity index (χ1v) is 7.45. The van der Waals surface area contributed by atoms with Crippen LogP contribution in [0.15, 0.2) is 35.3 Å². The summed E-state index contributed by atoms with van der Waals surface area (Å²) in [7, 11) is 0. The van der Waals surface area contributed by atoms with Gasteiger partial charge in [0.1, 0.15) is 23.5 Å². The normalized spacial score (nSPS) is 22.7. The summed E-state index contributed by atoms with van der Waals surface area (Å²) in [6.07, 6.45) is 0.547. The van der Waals surface area contributed by atoms with Gasteiger partial charge in [-0.1, -0.05) is 17.4 Å². The van der Waals surface area contributed by atoms with Crippen LogP contribution in [-0.2, 0) is 0 Å². The van der Waals surface area contributed by atoms with Gasteiger partial charge in [-0.25, -0.2) is 0 Å². The molecule has 0 aromatic carbocycles. The van der Waals surface area contributed by atoms with E-state index < -0.39 is 22.7 Å². The predicted molar refractivity (Wildman–Crippen MR) is 80.5 cm³/mol. The number of aromatic nitrogens is 1. The maximum absolute atomic E-state index is 12.1. The van der Waals surface area contributed by atoms with Crippen molar-refractivity contribution >= 4 is 16.3 Å². The lowest BCUT2D eigenvalue weighted by Gasteiger charge is -2.40. The number of aliphatic hydroxyl groups excluding tert-OH is 1. The van der Waals surface area contributed by atoms with Crippen LogP contribution >= 0.6 is 11.3 Å². The summed E-state index contributed by atoms with van der Waals surface area (Å²) in [6, 6.07) is 5.29. The van der Waals surface area contributed by atoms with Crippen molar-refractivity contribution in [2.75, 3.05) is 0 Å². The lowest BCUT2D eigenvalue weighted by atomic mass is 9.90. The van der Waals surface area contributed by atoms with E-state index in [0.717, 1.165) is 11.3 Å². The predicted octanol–water partition coefficient (Wildman–Crippen LogP) is 1.94. The number of rotatable bonds is 2. The summed E-state index contributed by atoms with van der Waals surface area (Å²) in [5, 5.41) is 21.5. The van der Waals surface area contributed by atoms with Gasteiger partial charge in [0.05, 0.1) is 15.9 Å². The van der Waals surface area contributed by atoms with Crippen LogP contribution in [0.5, 0.6) is 5.75 Å². The molecule has 0 saturated carbocycles. The Bertz CT molecular complexity index is 795. The Labute approximate surface area is 129 Å². The van der Waals surface area contributed by atoms with E-state index in [1.807, 2.05) is 0 Å². The van der Waals surface area contributed by atoms with Crippen molar-refractivity contribution in [1.82, 2.24) is 4.57 Å². The second-order valence-corrected chi connectivity index (χ2v) is 6.67. The second-order valence-electron chi connectivity index (χ2n) is 5.61. The summed E-state index contributed by atoms with van der Waals surface area (Å²) >= 11 is 0.916. The quantitative estimate of drug-likeness (QED) is 0.673. The van der Waals surface area contributed by atoms with Crippen LogP contribution in [0.2, 0.25) is 0 Å². The van der Waals surface area contributed by atoms with Crippen molar-refractivity contribution in [3.63, 3.8) is 0 Å². The van der Waals surface area contributed by atoms with E-state index in [4.69, 9.17) is 4.74 Å². The number of nitro groups is 1. The zero-order valence-corrected chi connectivity index (χ0v) is 12.7. The number of hydrogen-bond donors (Lipinski definition) is 1. The van der Waals surface area contributed by atoms with Crippen LogP contribution in [-0.4, -0.2) is 26.3 Å². The third-order valence-electron chi connectivity index (χ3n) is 3.70. The summed E-state index contributed by atoms with van der Waals surface area (Å²) in [4.78, 5) is 23.1. The summed E-state index contributed by atoms with van der Waals surface area (Å²) in [5.41, 5.74) is -1.26. The van der Waals surface area contributed by atoms with Crippen molar-refractivity contribution in [3.05, 3.63) is 55.8 Å². The van der Waals surface area contributed by atoms with Gasteiger partial charge in [-0.3, -0.25) is 14.9 Å². The molecule has 0 saturated heterocycles. The molecule has 2 atom stereocenters. The average Bonchev–Trinajstić information content (AvgIpc) is 2.84. The van der Waals surface area contributed by atoms with E-state index in [1.54, 1.807) is 32.2 Å². The third kappa shape index (κ3) is 2.20. The molecular weight excluding hydrogens is 308 g/mol. The molecule has 0 spiro atoms. The summed E-state index contributed by atoms with van der Waals surface area (Å²) < 4.78 is 7.08. The van der Waals surface area contributed by atoms with E-state index in [-0.39, 0.29) is 10.6 Å². The van der Waals surface area contributed by atoms with Crippen molar-refractivity contribution in [1.29, 1.82) is 0 Å². The smallest absolute Gasteiger partial charge is 0.328 e. The maximum Gasteiger partial charge on any atom is 0.328 e. The van der Waals surface area contributed by atoms with Crippen molar-refractivity contribution in [3.8, 4) is 5.75 Å². The van der Waals surface area contributed by atoms with Gasteiger partial charge in [-0.05, 0) is 19.9 Å². The highest BCUT2D eigenvalue weighted by atomic mass is 32.1. The van der Waals surface area contributed by atoms with Gasteiger partial charge in [0.2, 0.25) is 0 Å². The molecule has 2 aromatic heterocycles. The molecule has 22 heavy (non-hydrogen) atoms. The Morgan fingerprint density at radius 1 is 1.45 bits per heavy atom. The average molecular weight is 322 g/mol. The first kappa shape index (κ1) is 14.7. The van der Waals surface area contributed by atoms with Crippen LogP contribution in [0.1, 0.15) is 24.8 Å². The van der Waals surface area contributed by atoms with Crippen molar-refractivity contribution in [2.24, 2.45) is 0 Å². The Hall–Kier alpha value is -2.19. The van der Waals surface area contributed by atoms with E-state index in [2.05, 4.69) is 0 Å². The highest BCUT2D eigenvalue weighted by Gasteiger charge is 2.46. The fourth-order valence-corrected chi connectivity index (χ4v) is 3.60. The SMILES string of the molecule is CC1(C)Oc2cc([N+](=O)[O-])sc2[C@@H](n2ccccc2=O)[C@@H]1O. The number of fused-ring (bicyclic) bond motifs is 1. The van der Waals surface area contributed by atoms with Gasteiger partial charge in [-0.15, -0.1) is 0 Å². The highest BCUT2D eigenvalue weighted by molar-refractivity contribution is 7.15. The lowest BCUT2D eigenvalue weighted by Crippen LogP contribution is -2.51. The molecule has 1 N–H and O–H groups in total. The van der Waals surface area contributed by atoms with Gasteiger partial charge in [0, 0.05) is 12.3 Å². The first-order valence-electron chi connectivity index (χ1n) is 6.63. The topological polar surface area (TPSA) is 94.6 Å². The number of ether oxygens (including phenoxy) is 1. The highest BCUT2D eigenvalue weighted by Crippen LogP contribution is 2.48. The van der Waals surface area contributed by atoms with Gasteiger partial charge < -0.3 is 14.4 Å². The second kappa shape index (κ2) is 4.92. The van der Waals surface area contributed by atoms with E-state index in [1.165, 1.54) is 16.7 Å². The van der Waals surface area contributed by atoms with E-state index >= 15 is 0 Å². The Morgan fingerprint density at radius 2 is 2.18 bits per heavy atom. The summed E-state index contributed by atoms with van der Waals surface area (Å²) in [5.74, 6) is 0.341. The molecular formula is C14H14N2O5S. The molecule has 3 heterocycles. The largest absolute Gasteiger partial charge is 0.484 e. The molecule has 1 aliphatic rings. The van der Waals surface area contributed by atoms with Gasteiger partial charge in [0.15, 0.2) is 0 Å². The first-order chi connectivity index (χ1) is 10.3. The number of pyridine rings is 1. The standard InChI is InChI=1S/C14H14N2O5S/c1-14(2)13(18)11(15-6-4-3-5-9(15)17)12-8(21-14)7-10(22-12)16(19)20/h3-7,11,13,18H,1-2H3/t11-,13+/m1/s1. The van der Waals surface area contributed by atoms with Crippen molar-refractivity contribution < 1.29 is 14.8 Å². The molecule has 3 rings (SSSR count). The molecule has 0 amide bonds. The number of nitrogens with zero attached hydrogens (tertiary/aromatic N) is 2. The number of hydrogen-bond acceptors (Lipinski definition) is 6. The monoisotopic (exact) mass is 322 g/mol. The van der Waals surface area contributed by atoms with Crippen LogP contribution < -0.4 is 10.3 Å². The minimum Gasteiger partial charge on any atom is -0.484 e. The Balaban J connectivity index is 2.22. The molecule has 7 nitrogen and oxygen atoms in total. The molecule has 1 aliphatic heterocycles. The van der Waals surface area contributed by atoms with Crippen molar-refractivity contribution in [2.45, 2.75) is 31.6 Å². The maximum atomic E-state index is 12.1. The third-order valence-corrected chi connectivity index (χ3v) is 4.83. The molecule has 0 unspecified atom stereocenters. The molecule has 2 aromatic rings.